The number of hydrogen-bond donors (Lipinski definition) is 2. The van der Waals surface area contributed by atoms with Crippen LogP contribution in [0.1, 0.15) is 98.5 Å². The summed E-state index contributed by atoms with van der Waals surface area (Å²) in [6, 6.07) is 3.34. The van der Waals surface area contributed by atoms with Gasteiger partial charge in [-0.15, -0.1) is 0 Å². The van der Waals surface area contributed by atoms with Crippen LogP contribution in [0.2, 0.25) is 0 Å². The van der Waals surface area contributed by atoms with Gasteiger partial charge in [0, 0.05) is 30.9 Å². The first-order valence-corrected chi connectivity index (χ1v) is 16.4. The quantitative estimate of drug-likeness (QED) is 0.403. The molecule has 1 amide bonds. The van der Waals surface area contributed by atoms with Gasteiger partial charge < -0.3 is 19.8 Å². The lowest BCUT2D eigenvalue weighted by molar-refractivity contribution is -0.131. The van der Waals surface area contributed by atoms with Gasteiger partial charge in [0.15, 0.2) is 0 Å². The molecule has 43 heavy (non-hydrogen) atoms. The summed E-state index contributed by atoms with van der Waals surface area (Å²) >= 11 is 0. The van der Waals surface area contributed by atoms with Crippen LogP contribution in [0.15, 0.2) is 18.2 Å². The maximum Gasteiger partial charge on any atom is 0.219 e. The van der Waals surface area contributed by atoms with Crippen LogP contribution >= 0.6 is 0 Å². The van der Waals surface area contributed by atoms with Gasteiger partial charge in [0.25, 0.3) is 0 Å². The van der Waals surface area contributed by atoms with Gasteiger partial charge in [-0.3, -0.25) is 4.79 Å². The Morgan fingerprint density at radius 2 is 1.72 bits per heavy atom. The minimum atomic E-state index is -0.730. The normalized spacial score (nSPS) is 45.4. The highest BCUT2D eigenvalue weighted by Crippen LogP contribution is 2.90. The van der Waals surface area contributed by atoms with Gasteiger partial charge in [0.1, 0.15) is 23.8 Å². The topological polar surface area (TPSA) is 70.0 Å². The highest BCUT2D eigenvalue weighted by Gasteiger charge is 2.85. The van der Waals surface area contributed by atoms with Crippen molar-refractivity contribution in [1.82, 2.24) is 4.90 Å². The maximum absolute atomic E-state index is 13.9. The number of fused-ring (bicyclic) bond motifs is 4. The van der Waals surface area contributed by atoms with Crippen LogP contribution < -0.4 is 0 Å². The van der Waals surface area contributed by atoms with Crippen LogP contribution in [0.3, 0.4) is 0 Å². The fourth-order valence-corrected chi connectivity index (χ4v) is 12.0. The van der Waals surface area contributed by atoms with Crippen LogP contribution in [-0.2, 0) is 16.1 Å². The SMILES string of the molecule is CC(=O)N(C[C]1C[C@@H](C)[C@H]2[C](O1)[C@H](O)[C@@]1(C)[C]3CC[C@H]4C(C)(C)C(O)CC[C@@]45C[C@@]35CC[C@]21C)Cc1cc(F)cc(F)c1. The second kappa shape index (κ2) is 9.48. The Bertz CT molecular complexity index is 1300. The van der Waals surface area contributed by atoms with Crippen molar-refractivity contribution in [3.8, 4) is 0 Å². The van der Waals surface area contributed by atoms with E-state index in [-0.39, 0.29) is 58.6 Å². The number of halogens is 2. The molecule has 7 rings (SSSR count). The van der Waals surface area contributed by atoms with E-state index in [1.165, 1.54) is 25.5 Å². The summed E-state index contributed by atoms with van der Waals surface area (Å²) in [5.74, 6) is 0.870. The van der Waals surface area contributed by atoms with Crippen LogP contribution in [0.4, 0.5) is 8.78 Å². The zero-order valence-corrected chi connectivity index (χ0v) is 26.6. The standard InChI is InChI=1S/C36H48F2NO4/c1-20-13-25(18-39(21(2)40)17-22-14-23(37)16-24(38)15-22)43-30-29(20)33(5)11-12-36-19-35(36)10-9-28(41)32(3,4)26(35)7-8-27(36)34(33,6)31(30)42/h14-16,20,26,28-29,31,41-42H,7-13,17-19H2,1-6H3/t20-,26+,28?,29+,31+,33-,34-,35-,36+/m1/s1. The van der Waals surface area contributed by atoms with E-state index in [1.54, 1.807) is 10.8 Å². The van der Waals surface area contributed by atoms with Crippen molar-refractivity contribution in [1.29, 1.82) is 0 Å². The molecule has 235 valence electrons. The van der Waals surface area contributed by atoms with Gasteiger partial charge in [-0.2, -0.15) is 0 Å². The van der Waals surface area contributed by atoms with Gasteiger partial charge in [0.05, 0.1) is 18.8 Å². The Hall–Kier alpha value is -1.57. The monoisotopic (exact) mass is 596 g/mol. The number of hydrogen-bond acceptors (Lipinski definition) is 4. The third kappa shape index (κ3) is 3.86. The number of ether oxygens (including phenoxy) is 1. The zero-order chi connectivity index (χ0) is 30.9. The first kappa shape index (κ1) is 30.1. The Morgan fingerprint density at radius 3 is 2.40 bits per heavy atom. The van der Waals surface area contributed by atoms with Gasteiger partial charge in [-0.25, -0.2) is 8.78 Å². The van der Waals surface area contributed by atoms with Crippen molar-refractivity contribution in [3.63, 3.8) is 0 Å². The van der Waals surface area contributed by atoms with Crippen LogP contribution in [0.5, 0.6) is 0 Å². The Morgan fingerprint density at radius 1 is 1.02 bits per heavy atom. The van der Waals surface area contributed by atoms with E-state index in [4.69, 9.17) is 4.74 Å². The van der Waals surface area contributed by atoms with Crippen molar-refractivity contribution in [3.05, 3.63) is 53.5 Å². The predicted molar refractivity (Wildman–Crippen MR) is 158 cm³/mol. The van der Waals surface area contributed by atoms with Crippen molar-refractivity contribution in [2.45, 2.75) is 112 Å². The molecule has 1 aromatic rings. The average molecular weight is 597 g/mol. The molecule has 1 aliphatic heterocycles. The fourth-order valence-electron chi connectivity index (χ4n) is 12.0. The fraction of sp³-hybridized carbons (Fsp3) is 0.722. The Labute approximate surface area is 255 Å². The van der Waals surface area contributed by atoms with Crippen molar-refractivity contribution in [2.75, 3.05) is 6.54 Å². The number of rotatable bonds is 4. The number of aliphatic hydroxyl groups is 2. The average Bonchev–Trinajstić information content (AvgIpc) is 3.55. The van der Waals surface area contributed by atoms with E-state index in [2.05, 4.69) is 34.6 Å². The van der Waals surface area contributed by atoms with E-state index in [0.29, 0.717) is 17.9 Å². The number of carbonyl (C=O) groups excluding carboxylic acids is 1. The van der Waals surface area contributed by atoms with Crippen LogP contribution in [-0.4, -0.2) is 39.8 Å². The second-order valence-electron chi connectivity index (χ2n) is 16.2. The summed E-state index contributed by atoms with van der Waals surface area (Å²) in [6.07, 6.45) is 8.57. The lowest BCUT2D eigenvalue weighted by Crippen LogP contribution is -2.58. The third-order valence-electron chi connectivity index (χ3n) is 14.2. The molecule has 3 radical (unpaired) electrons. The molecule has 2 spiro atoms. The lowest BCUT2D eigenvalue weighted by atomic mass is 9.41. The van der Waals surface area contributed by atoms with E-state index in [1.807, 2.05) is 0 Å². The minimum Gasteiger partial charge on any atom is -0.393 e. The van der Waals surface area contributed by atoms with E-state index in [0.717, 1.165) is 56.8 Å². The molecule has 9 atom stereocenters. The summed E-state index contributed by atoms with van der Waals surface area (Å²) in [6.45, 7) is 13.2. The van der Waals surface area contributed by atoms with E-state index in [9.17, 15) is 23.8 Å². The lowest BCUT2D eigenvalue weighted by Gasteiger charge is -2.63. The van der Waals surface area contributed by atoms with Crippen molar-refractivity contribution in [2.24, 2.45) is 44.8 Å². The molecule has 1 saturated heterocycles. The Balaban J connectivity index is 1.15. The van der Waals surface area contributed by atoms with E-state index >= 15 is 0 Å². The summed E-state index contributed by atoms with van der Waals surface area (Å²) in [5.41, 5.74) is 0.165. The molecular weight excluding hydrogens is 548 g/mol. The van der Waals surface area contributed by atoms with Crippen LogP contribution in [0, 0.1) is 74.6 Å². The molecule has 6 fully saturated rings. The number of benzene rings is 1. The molecule has 5 nitrogen and oxygen atoms in total. The molecule has 7 heteroatoms. The van der Waals surface area contributed by atoms with Crippen molar-refractivity contribution >= 4 is 5.91 Å². The summed E-state index contributed by atoms with van der Waals surface area (Å²) in [5, 5.41) is 23.3. The molecule has 2 N–H and O–H groups in total. The molecule has 5 saturated carbocycles. The number of nitrogens with zero attached hydrogens (tertiary/aromatic N) is 1. The summed E-state index contributed by atoms with van der Waals surface area (Å²) < 4.78 is 34.4. The first-order valence-electron chi connectivity index (χ1n) is 16.4. The molecule has 1 heterocycles. The number of amides is 1. The number of carbonyl (C=O) groups is 1. The minimum absolute atomic E-state index is 0.0801. The van der Waals surface area contributed by atoms with Gasteiger partial charge in [-0.1, -0.05) is 34.6 Å². The molecule has 0 aromatic heterocycles. The third-order valence-corrected chi connectivity index (χ3v) is 14.2. The highest BCUT2D eigenvalue weighted by atomic mass is 19.1. The smallest absolute Gasteiger partial charge is 0.219 e. The molecule has 1 aromatic carbocycles. The predicted octanol–water partition coefficient (Wildman–Crippen LogP) is 6.77. The largest absolute Gasteiger partial charge is 0.393 e. The summed E-state index contributed by atoms with van der Waals surface area (Å²) in [4.78, 5) is 14.2. The van der Waals surface area contributed by atoms with Gasteiger partial charge >= 0.3 is 0 Å². The van der Waals surface area contributed by atoms with Gasteiger partial charge in [0.2, 0.25) is 5.91 Å². The molecule has 1 unspecified atom stereocenters. The molecule has 6 aliphatic rings. The maximum atomic E-state index is 13.9. The Kier molecular flexibility index (Phi) is 6.64. The highest BCUT2D eigenvalue weighted by molar-refractivity contribution is 5.73. The van der Waals surface area contributed by atoms with Gasteiger partial charge in [-0.05, 0) is 108 Å². The first-order chi connectivity index (χ1) is 20.1. The van der Waals surface area contributed by atoms with Crippen molar-refractivity contribution < 1.29 is 28.5 Å². The zero-order valence-electron chi connectivity index (χ0n) is 26.6. The second-order valence-corrected chi connectivity index (χ2v) is 16.2. The molecule has 0 bridgehead atoms. The molecule has 5 aliphatic carbocycles. The van der Waals surface area contributed by atoms with E-state index < -0.39 is 23.2 Å². The summed E-state index contributed by atoms with van der Waals surface area (Å²) in [7, 11) is 0. The number of aliphatic hydroxyl groups excluding tert-OH is 2. The van der Waals surface area contributed by atoms with Crippen LogP contribution in [0.25, 0.3) is 0 Å². The molecular formula is C36H48F2NO4.